The molecule has 1 aromatic rings. The van der Waals surface area contributed by atoms with E-state index >= 15 is 0 Å². The Morgan fingerprint density at radius 2 is 2.00 bits per heavy atom. The molecule has 2 heteroatoms. The van der Waals surface area contributed by atoms with Crippen LogP contribution in [0.25, 0.3) is 0 Å². The van der Waals surface area contributed by atoms with Gasteiger partial charge in [-0.2, -0.15) is 0 Å². The average Bonchev–Trinajstić information content (AvgIpc) is 2.00. The van der Waals surface area contributed by atoms with Gasteiger partial charge >= 0.3 is 0 Å². The fraction of sp³-hybridized carbons (Fsp3) is 0.455. The maximum Gasteiger partial charge on any atom is 0.0360 e. The molecular formula is C11H18N2. The number of benzene rings is 1. The van der Waals surface area contributed by atoms with E-state index < -0.39 is 0 Å². The molecule has 1 aromatic carbocycles. The SMILES string of the molecule is CC(C)(C)CNc1cccc(N)c1. The number of nitrogen functional groups attached to an aromatic ring is 1. The van der Waals surface area contributed by atoms with Gasteiger partial charge in [0.2, 0.25) is 0 Å². The molecule has 0 fully saturated rings. The Balaban J connectivity index is 2.55. The van der Waals surface area contributed by atoms with Crippen molar-refractivity contribution in [2.45, 2.75) is 20.8 Å². The molecule has 0 aromatic heterocycles. The van der Waals surface area contributed by atoms with Gasteiger partial charge in [-0.25, -0.2) is 0 Å². The van der Waals surface area contributed by atoms with Crippen molar-refractivity contribution < 1.29 is 0 Å². The number of rotatable bonds is 2. The summed E-state index contributed by atoms with van der Waals surface area (Å²) >= 11 is 0. The predicted octanol–water partition coefficient (Wildman–Crippen LogP) is 2.73. The van der Waals surface area contributed by atoms with Crippen molar-refractivity contribution in [1.29, 1.82) is 0 Å². The number of anilines is 2. The van der Waals surface area contributed by atoms with E-state index in [-0.39, 0.29) is 0 Å². The van der Waals surface area contributed by atoms with E-state index in [2.05, 4.69) is 26.1 Å². The Kier molecular flexibility index (Phi) is 2.81. The second kappa shape index (κ2) is 3.69. The van der Waals surface area contributed by atoms with Gasteiger partial charge in [0.05, 0.1) is 0 Å². The molecule has 0 saturated heterocycles. The summed E-state index contributed by atoms with van der Waals surface area (Å²) < 4.78 is 0. The lowest BCUT2D eigenvalue weighted by atomic mass is 9.97. The van der Waals surface area contributed by atoms with Crippen LogP contribution >= 0.6 is 0 Å². The topological polar surface area (TPSA) is 38.0 Å². The van der Waals surface area contributed by atoms with Gasteiger partial charge in [0.15, 0.2) is 0 Å². The molecule has 0 bridgehead atoms. The summed E-state index contributed by atoms with van der Waals surface area (Å²) in [6.45, 7) is 7.56. The highest BCUT2D eigenvalue weighted by molar-refractivity contribution is 5.54. The van der Waals surface area contributed by atoms with Gasteiger partial charge in [0.25, 0.3) is 0 Å². The maximum atomic E-state index is 5.66. The highest BCUT2D eigenvalue weighted by Gasteiger charge is 2.08. The molecule has 1 rings (SSSR count). The van der Waals surface area contributed by atoms with Gasteiger partial charge < -0.3 is 11.1 Å². The molecular weight excluding hydrogens is 160 g/mol. The van der Waals surface area contributed by atoms with Crippen LogP contribution in [0.2, 0.25) is 0 Å². The molecule has 0 atom stereocenters. The normalized spacial score (nSPS) is 11.3. The molecule has 0 unspecified atom stereocenters. The molecule has 0 saturated carbocycles. The first kappa shape index (κ1) is 9.90. The van der Waals surface area contributed by atoms with Crippen LogP contribution in [0.3, 0.4) is 0 Å². The van der Waals surface area contributed by atoms with E-state index in [4.69, 9.17) is 5.73 Å². The highest BCUT2D eigenvalue weighted by atomic mass is 14.9. The standard InChI is InChI=1S/C11H18N2/c1-11(2,3)8-13-10-6-4-5-9(12)7-10/h4-7,13H,8,12H2,1-3H3. The minimum atomic E-state index is 0.296. The Morgan fingerprint density at radius 3 is 2.54 bits per heavy atom. The Hall–Kier alpha value is -1.18. The van der Waals surface area contributed by atoms with Crippen LogP contribution in [0.5, 0.6) is 0 Å². The van der Waals surface area contributed by atoms with Crippen LogP contribution in [-0.4, -0.2) is 6.54 Å². The first-order valence-electron chi connectivity index (χ1n) is 4.57. The fourth-order valence-electron chi connectivity index (χ4n) is 1.02. The minimum Gasteiger partial charge on any atom is -0.399 e. The Labute approximate surface area is 80.1 Å². The highest BCUT2D eigenvalue weighted by Crippen LogP contribution is 2.16. The fourth-order valence-corrected chi connectivity index (χ4v) is 1.02. The van der Waals surface area contributed by atoms with Crippen molar-refractivity contribution in [1.82, 2.24) is 0 Å². The van der Waals surface area contributed by atoms with Crippen molar-refractivity contribution in [3.63, 3.8) is 0 Å². The molecule has 0 radical (unpaired) electrons. The van der Waals surface area contributed by atoms with E-state index in [0.717, 1.165) is 17.9 Å². The lowest BCUT2D eigenvalue weighted by molar-refractivity contribution is 0.443. The van der Waals surface area contributed by atoms with E-state index in [1.807, 2.05) is 24.3 Å². The minimum absolute atomic E-state index is 0.296. The van der Waals surface area contributed by atoms with Gasteiger partial charge in [-0.15, -0.1) is 0 Å². The predicted molar refractivity (Wildman–Crippen MR) is 58.8 cm³/mol. The van der Waals surface area contributed by atoms with Crippen LogP contribution in [0, 0.1) is 5.41 Å². The number of hydrogen-bond donors (Lipinski definition) is 2. The van der Waals surface area contributed by atoms with Crippen molar-refractivity contribution in [2.75, 3.05) is 17.6 Å². The third-order valence-electron chi connectivity index (χ3n) is 1.71. The van der Waals surface area contributed by atoms with E-state index in [0.29, 0.717) is 5.41 Å². The van der Waals surface area contributed by atoms with Gasteiger partial charge in [0.1, 0.15) is 0 Å². The summed E-state index contributed by atoms with van der Waals surface area (Å²) in [5.74, 6) is 0. The molecule has 13 heavy (non-hydrogen) atoms. The largest absolute Gasteiger partial charge is 0.399 e. The smallest absolute Gasteiger partial charge is 0.0360 e. The molecule has 72 valence electrons. The summed E-state index contributed by atoms with van der Waals surface area (Å²) in [7, 11) is 0. The third kappa shape index (κ3) is 3.83. The number of hydrogen-bond acceptors (Lipinski definition) is 2. The molecule has 2 nitrogen and oxygen atoms in total. The zero-order valence-corrected chi connectivity index (χ0v) is 8.59. The Bertz CT molecular complexity index is 274. The van der Waals surface area contributed by atoms with E-state index in [1.54, 1.807) is 0 Å². The number of nitrogens with two attached hydrogens (primary N) is 1. The van der Waals surface area contributed by atoms with Gasteiger partial charge in [-0.3, -0.25) is 0 Å². The zero-order chi connectivity index (χ0) is 9.90. The van der Waals surface area contributed by atoms with Crippen LogP contribution in [0.1, 0.15) is 20.8 Å². The monoisotopic (exact) mass is 178 g/mol. The lowest BCUT2D eigenvalue weighted by Crippen LogP contribution is -2.18. The zero-order valence-electron chi connectivity index (χ0n) is 8.59. The van der Waals surface area contributed by atoms with Crippen molar-refractivity contribution >= 4 is 11.4 Å². The summed E-state index contributed by atoms with van der Waals surface area (Å²) in [5, 5.41) is 3.35. The van der Waals surface area contributed by atoms with Crippen molar-refractivity contribution in [2.24, 2.45) is 5.41 Å². The summed E-state index contributed by atoms with van der Waals surface area (Å²) in [6.07, 6.45) is 0. The second-order valence-electron chi connectivity index (χ2n) is 4.54. The van der Waals surface area contributed by atoms with Crippen LogP contribution in [0.4, 0.5) is 11.4 Å². The lowest BCUT2D eigenvalue weighted by Gasteiger charge is -2.19. The average molecular weight is 178 g/mol. The van der Waals surface area contributed by atoms with Crippen LogP contribution in [-0.2, 0) is 0 Å². The van der Waals surface area contributed by atoms with Crippen molar-refractivity contribution in [3.05, 3.63) is 24.3 Å². The second-order valence-corrected chi connectivity index (χ2v) is 4.54. The molecule has 0 spiro atoms. The molecule has 0 aliphatic carbocycles. The molecule has 0 heterocycles. The first-order valence-corrected chi connectivity index (χ1v) is 4.57. The van der Waals surface area contributed by atoms with E-state index in [9.17, 15) is 0 Å². The molecule has 3 N–H and O–H groups in total. The number of nitrogens with one attached hydrogen (secondary N) is 1. The van der Waals surface area contributed by atoms with Gasteiger partial charge in [0, 0.05) is 17.9 Å². The molecule has 0 amide bonds. The summed E-state index contributed by atoms with van der Waals surface area (Å²) in [5.41, 5.74) is 7.85. The van der Waals surface area contributed by atoms with Crippen LogP contribution < -0.4 is 11.1 Å². The Morgan fingerprint density at radius 1 is 1.31 bits per heavy atom. The van der Waals surface area contributed by atoms with Crippen molar-refractivity contribution in [3.8, 4) is 0 Å². The van der Waals surface area contributed by atoms with E-state index in [1.165, 1.54) is 0 Å². The summed E-state index contributed by atoms with van der Waals surface area (Å²) in [6, 6.07) is 7.83. The summed E-state index contributed by atoms with van der Waals surface area (Å²) in [4.78, 5) is 0. The quantitative estimate of drug-likeness (QED) is 0.683. The van der Waals surface area contributed by atoms with Gasteiger partial charge in [-0.1, -0.05) is 26.8 Å². The first-order chi connectivity index (χ1) is 5.97. The van der Waals surface area contributed by atoms with Gasteiger partial charge in [-0.05, 0) is 23.6 Å². The third-order valence-corrected chi connectivity index (χ3v) is 1.71. The maximum absolute atomic E-state index is 5.66. The molecule has 0 aliphatic heterocycles. The molecule has 0 aliphatic rings. The van der Waals surface area contributed by atoms with Crippen LogP contribution in [0.15, 0.2) is 24.3 Å².